The lowest BCUT2D eigenvalue weighted by Gasteiger charge is -2.27. The molecule has 0 aliphatic carbocycles. The number of ether oxygens (including phenoxy) is 1. The highest BCUT2D eigenvalue weighted by Crippen LogP contribution is 2.55. The summed E-state index contributed by atoms with van der Waals surface area (Å²) in [6, 6.07) is 34.4. The predicted molar refractivity (Wildman–Crippen MR) is 139 cm³/mol. The summed E-state index contributed by atoms with van der Waals surface area (Å²) in [4.78, 5) is 11.5. The third-order valence-corrected chi connectivity index (χ3v) is 10.5. The van der Waals surface area contributed by atoms with Crippen molar-refractivity contribution in [2.75, 3.05) is 12.8 Å². The average molecular weight is 589 g/mol. The summed E-state index contributed by atoms with van der Waals surface area (Å²) in [6.07, 6.45) is -3.59. The van der Waals surface area contributed by atoms with E-state index in [1.165, 1.54) is 22.0 Å². The van der Waals surface area contributed by atoms with Crippen LogP contribution in [0.25, 0.3) is 0 Å². The van der Waals surface area contributed by atoms with Crippen LogP contribution in [0.1, 0.15) is 16.8 Å². The fourth-order valence-corrected chi connectivity index (χ4v) is 8.64. The van der Waals surface area contributed by atoms with Crippen LogP contribution in [0.15, 0.2) is 109 Å². The Labute approximate surface area is 225 Å². The Hall–Kier alpha value is -3.15. The second-order valence-corrected chi connectivity index (χ2v) is 11.9. The molecule has 0 unspecified atom stereocenters. The van der Waals surface area contributed by atoms with E-state index >= 15 is 0 Å². The Morgan fingerprint density at radius 1 is 0.757 bits per heavy atom. The topological polar surface area (TPSA) is 46.5 Å². The predicted octanol–water partition coefficient (Wildman–Crippen LogP) is 2.90. The summed E-state index contributed by atoms with van der Waals surface area (Å²) in [5.41, 5.74) is -0.794. The van der Waals surface area contributed by atoms with Crippen LogP contribution in [-0.2, 0) is 0 Å². The number of phenolic OH excluding ortho intramolecular Hbond substituents is 1. The third kappa shape index (κ3) is 6.41. The number of hydrogen-bond donors (Lipinski definition) is 1. The molecule has 3 nitrogen and oxygen atoms in total. The molecule has 4 aromatic carbocycles. The minimum atomic E-state index is -5.06. The summed E-state index contributed by atoms with van der Waals surface area (Å²) in [6.45, 7) is 0.292. The second kappa shape index (κ2) is 12.4. The molecule has 0 radical (unpaired) electrons. The Morgan fingerprint density at radius 3 is 1.62 bits per heavy atom. The van der Waals surface area contributed by atoms with Crippen molar-refractivity contribution < 1.29 is 44.8 Å². The summed E-state index contributed by atoms with van der Waals surface area (Å²) in [5, 5.41) is 13.7. The number of carbonyl (C=O) groups is 1. The molecule has 0 saturated carbocycles. The van der Waals surface area contributed by atoms with E-state index in [1.807, 2.05) is 54.6 Å². The van der Waals surface area contributed by atoms with Gasteiger partial charge in [-0.3, -0.25) is 4.79 Å². The highest BCUT2D eigenvalue weighted by molar-refractivity contribution is 7.95. The lowest BCUT2D eigenvalue weighted by atomic mass is 10.1. The van der Waals surface area contributed by atoms with Gasteiger partial charge >= 0.3 is 6.18 Å². The summed E-state index contributed by atoms with van der Waals surface area (Å²) in [5.74, 6) is -2.64. The molecular formula is C29H25BrF3O3P. The summed E-state index contributed by atoms with van der Waals surface area (Å²) >= 11 is 0. The van der Waals surface area contributed by atoms with Crippen LogP contribution in [0, 0.1) is 0 Å². The molecule has 0 aliphatic heterocycles. The first-order chi connectivity index (χ1) is 17.3. The molecule has 0 bridgehead atoms. The van der Waals surface area contributed by atoms with Crippen LogP contribution < -0.4 is 37.6 Å². The molecule has 0 heterocycles. The van der Waals surface area contributed by atoms with Gasteiger partial charge in [-0.05, 0) is 48.5 Å². The largest absolute Gasteiger partial charge is 1.00 e. The van der Waals surface area contributed by atoms with E-state index in [-0.39, 0.29) is 22.7 Å². The Kier molecular flexibility index (Phi) is 9.52. The molecular weight excluding hydrogens is 564 g/mol. The van der Waals surface area contributed by atoms with Gasteiger partial charge < -0.3 is 26.8 Å². The van der Waals surface area contributed by atoms with Gasteiger partial charge in [-0.2, -0.15) is 13.2 Å². The van der Waals surface area contributed by atoms with Crippen LogP contribution in [-0.4, -0.2) is 29.8 Å². The van der Waals surface area contributed by atoms with Gasteiger partial charge in [-0.15, -0.1) is 0 Å². The van der Waals surface area contributed by atoms with E-state index in [0.717, 1.165) is 18.3 Å². The number of carbonyl (C=O) groups excluding carboxylic acids is 1. The number of rotatable bonds is 9. The molecule has 37 heavy (non-hydrogen) atoms. The minimum absolute atomic E-state index is 0. The quantitative estimate of drug-likeness (QED) is 0.186. The molecule has 8 heteroatoms. The van der Waals surface area contributed by atoms with Crippen molar-refractivity contribution in [3.05, 3.63) is 115 Å². The lowest BCUT2D eigenvalue weighted by molar-refractivity contribution is -0.0886. The first-order valence-corrected chi connectivity index (χ1v) is 13.4. The van der Waals surface area contributed by atoms with Gasteiger partial charge in [0.15, 0.2) is 0 Å². The first-order valence-electron chi connectivity index (χ1n) is 11.4. The van der Waals surface area contributed by atoms with Crippen molar-refractivity contribution in [1.29, 1.82) is 0 Å². The smallest absolute Gasteiger partial charge is 0.455 e. The maximum absolute atomic E-state index is 12.7. The number of phenols is 1. The second-order valence-electron chi connectivity index (χ2n) is 8.25. The number of benzene rings is 4. The Bertz CT molecular complexity index is 1200. The molecule has 1 N–H and O–H groups in total. The highest BCUT2D eigenvalue weighted by atomic mass is 79.9. The van der Waals surface area contributed by atoms with E-state index in [0.29, 0.717) is 13.0 Å². The van der Waals surface area contributed by atoms with E-state index in [9.17, 15) is 23.1 Å². The molecule has 192 valence electrons. The molecule has 0 fully saturated rings. The molecule has 0 saturated heterocycles. The number of halogens is 4. The van der Waals surface area contributed by atoms with E-state index in [1.54, 1.807) is 0 Å². The summed E-state index contributed by atoms with van der Waals surface area (Å²) in [7, 11) is -2.02. The number of aromatic hydroxyl groups is 1. The zero-order chi connectivity index (χ0) is 25.6. The fourth-order valence-electron chi connectivity index (χ4n) is 4.32. The standard InChI is InChI=1S/C29H24F3O3P.BrH/c30-29(31,32)28(34)26-18-17-22(21-27(26)33)35-19-10-20-36(23-11-4-1-5-12-23,24-13-6-2-7-14-24)25-15-8-3-9-16-25;/h1-9,11-18,21H,10,19-20H2;1H. The maximum Gasteiger partial charge on any atom is 0.455 e. The zero-order valence-corrected chi connectivity index (χ0v) is 22.2. The first kappa shape index (κ1) is 28.4. The molecule has 0 spiro atoms. The van der Waals surface area contributed by atoms with Crippen molar-refractivity contribution in [1.82, 2.24) is 0 Å². The van der Waals surface area contributed by atoms with Crippen LogP contribution in [0.4, 0.5) is 13.2 Å². The summed E-state index contributed by atoms with van der Waals surface area (Å²) < 4.78 is 43.9. The fraction of sp³-hybridized carbons (Fsp3) is 0.138. The number of ketones is 1. The molecule has 4 rings (SSSR count). The Balaban J connectivity index is 0.00000380. The van der Waals surface area contributed by atoms with E-state index in [4.69, 9.17) is 4.74 Å². The van der Waals surface area contributed by atoms with Gasteiger partial charge in [0, 0.05) is 12.5 Å². The zero-order valence-electron chi connectivity index (χ0n) is 19.7. The van der Waals surface area contributed by atoms with Crippen molar-refractivity contribution in [3.63, 3.8) is 0 Å². The van der Waals surface area contributed by atoms with Gasteiger partial charge in [0.25, 0.3) is 5.78 Å². The van der Waals surface area contributed by atoms with Crippen molar-refractivity contribution in [2.24, 2.45) is 0 Å². The van der Waals surface area contributed by atoms with Crippen LogP contribution in [0.2, 0.25) is 0 Å². The van der Waals surface area contributed by atoms with Crippen molar-refractivity contribution >= 4 is 29.0 Å². The van der Waals surface area contributed by atoms with Crippen LogP contribution in [0.5, 0.6) is 11.5 Å². The number of hydrogen-bond acceptors (Lipinski definition) is 3. The molecule has 0 aliphatic rings. The van der Waals surface area contributed by atoms with Gasteiger partial charge in [0.05, 0.1) is 18.3 Å². The SMILES string of the molecule is O=C(c1ccc(OCCC[P+](c2ccccc2)(c2ccccc2)c2ccccc2)cc1O)C(F)(F)F.[Br-]. The van der Waals surface area contributed by atoms with Crippen LogP contribution in [0.3, 0.4) is 0 Å². The van der Waals surface area contributed by atoms with Gasteiger partial charge in [0.1, 0.15) is 34.7 Å². The van der Waals surface area contributed by atoms with Gasteiger partial charge in [0.2, 0.25) is 0 Å². The maximum atomic E-state index is 12.7. The molecule has 0 atom stereocenters. The minimum Gasteiger partial charge on any atom is -1.00 e. The van der Waals surface area contributed by atoms with Crippen molar-refractivity contribution in [3.8, 4) is 11.5 Å². The molecule has 0 aromatic heterocycles. The number of Topliss-reactive ketones (excluding diaryl/α,β-unsaturated/α-hetero) is 1. The average Bonchev–Trinajstić information content (AvgIpc) is 2.90. The normalized spacial score (nSPS) is 11.4. The third-order valence-electron chi connectivity index (χ3n) is 5.97. The molecule has 4 aromatic rings. The van der Waals surface area contributed by atoms with E-state index in [2.05, 4.69) is 36.4 Å². The lowest BCUT2D eigenvalue weighted by Crippen LogP contribution is -3.00. The number of alkyl halides is 3. The van der Waals surface area contributed by atoms with E-state index < -0.39 is 30.5 Å². The van der Waals surface area contributed by atoms with Crippen molar-refractivity contribution in [2.45, 2.75) is 12.6 Å². The van der Waals surface area contributed by atoms with Gasteiger partial charge in [-0.25, -0.2) is 0 Å². The highest BCUT2D eigenvalue weighted by Gasteiger charge is 2.44. The Morgan fingerprint density at radius 2 is 1.22 bits per heavy atom. The molecule has 0 amide bonds. The van der Waals surface area contributed by atoms with Gasteiger partial charge in [-0.1, -0.05) is 54.6 Å². The van der Waals surface area contributed by atoms with Crippen LogP contribution >= 0.6 is 7.26 Å². The monoisotopic (exact) mass is 588 g/mol.